The Morgan fingerprint density at radius 2 is 1.70 bits per heavy atom. The van der Waals surface area contributed by atoms with Crippen LogP contribution in [-0.2, 0) is 26.2 Å². The van der Waals surface area contributed by atoms with Crippen molar-refractivity contribution in [3.05, 3.63) is 63.1 Å². The number of halogens is 2. The van der Waals surface area contributed by atoms with Gasteiger partial charge in [-0.25, -0.2) is 8.42 Å². The molecule has 0 aliphatic carbocycles. The van der Waals surface area contributed by atoms with Crippen molar-refractivity contribution in [3.63, 3.8) is 0 Å². The zero-order chi connectivity index (χ0) is 28.1. The van der Waals surface area contributed by atoms with Crippen molar-refractivity contribution in [3.8, 4) is 0 Å². The minimum atomic E-state index is -3.57. The number of benzene rings is 2. The second kappa shape index (κ2) is 12.5. The molecule has 0 bridgehead atoms. The number of nitrogens with zero attached hydrogens (tertiary/aromatic N) is 2. The van der Waals surface area contributed by atoms with Crippen molar-refractivity contribution in [1.29, 1.82) is 0 Å². The highest BCUT2D eigenvalue weighted by Gasteiger charge is 2.29. The summed E-state index contributed by atoms with van der Waals surface area (Å²) in [5, 5.41) is 3.67. The van der Waals surface area contributed by atoms with Gasteiger partial charge in [0.15, 0.2) is 0 Å². The first-order valence-electron chi connectivity index (χ1n) is 12.1. The van der Waals surface area contributed by atoms with Crippen molar-refractivity contribution < 1.29 is 18.0 Å². The zero-order valence-corrected chi connectivity index (χ0v) is 24.9. The van der Waals surface area contributed by atoms with E-state index in [1.165, 1.54) is 9.21 Å². The zero-order valence-electron chi connectivity index (χ0n) is 22.6. The molecule has 0 aromatic heterocycles. The van der Waals surface area contributed by atoms with E-state index in [2.05, 4.69) is 5.32 Å². The molecule has 2 aromatic rings. The molecule has 0 aliphatic heterocycles. The normalized spacial score (nSPS) is 12.7. The van der Waals surface area contributed by atoms with Gasteiger partial charge in [0, 0.05) is 25.0 Å². The number of hydrogen-bond acceptors (Lipinski definition) is 4. The quantitative estimate of drug-likeness (QED) is 0.410. The van der Waals surface area contributed by atoms with E-state index in [0.29, 0.717) is 15.7 Å². The van der Waals surface area contributed by atoms with Crippen LogP contribution in [0.1, 0.15) is 57.2 Å². The number of nitrogens with one attached hydrogen (secondary N) is 1. The fraction of sp³-hybridized carbons (Fsp3) is 0.481. The summed E-state index contributed by atoms with van der Waals surface area (Å²) in [6.45, 7) is 11.4. The summed E-state index contributed by atoms with van der Waals surface area (Å²) >= 11 is 12.2. The minimum Gasteiger partial charge on any atom is -0.350 e. The maximum atomic E-state index is 13.4. The van der Waals surface area contributed by atoms with Crippen LogP contribution in [0.25, 0.3) is 0 Å². The standard InChI is InChI=1S/C27H37Cl2N3O4S/c1-18-10-8-11-24(19(18)2)32(37(7,35)36)15-9-12-25(33)31(20(3)26(34)30-27(4,5)6)17-21-13-14-22(28)23(29)16-21/h8,10-11,13-14,16,20H,9,12,15,17H2,1-7H3,(H,30,34)/t20-/m0/s1. The third-order valence-electron chi connectivity index (χ3n) is 6.00. The van der Waals surface area contributed by atoms with E-state index in [1.807, 2.05) is 46.8 Å². The number of amides is 2. The predicted molar refractivity (Wildman–Crippen MR) is 152 cm³/mol. The Morgan fingerprint density at radius 1 is 1.05 bits per heavy atom. The van der Waals surface area contributed by atoms with Crippen molar-refractivity contribution in [2.75, 3.05) is 17.1 Å². The summed E-state index contributed by atoms with van der Waals surface area (Å²) < 4.78 is 26.5. The molecule has 2 amide bonds. The molecule has 10 heteroatoms. The molecule has 2 aromatic carbocycles. The third kappa shape index (κ3) is 8.90. The summed E-state index contributed by atoms with van der Waals surface area (Å²) in [7, 11) is -3.57. The molecule has 0 aliphatic rings. The van der Waals surface area contributed by atoms with Crippen LogP contribution < -0.4 is 9.62 Å². The summed E-state index contributed by atoms with van der Waals surface area (Å²) in [6.07, 6.45) is 1.50. The van der Waals surface area contributed by atoms with Gasteiger partial charge in [-0.15, -0.1) is 0 Å². The van der Waals surface area contributed by atoms with Gasteiger partial charge in [-0.2, -0.15) is 0 Å². The Balaban J connectivity index is 2.25. The summed E-state index contributed by atoms with van der Waals surface area (Å²) in [5.74, 6) is -0.550. The number of aryl methyl sites for hydroxylation is 1. The predicted octanol–water partition coefficient (Wildman–Crippen LogP) is 5.49. The van der Waals surface area contributed by atoms with Gasteiger partial charge < -0.3 is 10.2 Å². The third-order valence-corrected chi connectivity index (χ3v) is 7.92. The molecule has 0 spiro atoms. The molecule has 1 N–H and O–H groups in total. The Bertz CT molecular complexity index is 1240. The minimum absolute atomic E-state index is 0.0609. The van der Waals surface area contributed by atoms with Gasteiger partial charge in [0.2, 0.25) is 21.8 Å². The van der Waals surface area contributed by atoms with Gasteiger partial charge in [-0.3, -0.25) is 13.9 Å². The van der Waals surface area contributed by atoms with E-state index >= 15 is 0 Å². The van der Waals surface area contributed by atoms with E-state index in [-0.39, 0.29) is 37.7 Å². The molecule has 204 valence electrons. The van der Waals surface area contributed by atoms with E-state index in [9.17, 15) is 18.0 Å². The highest BCUT2D eigenvalue weighted by atomic mass is 35.5. The molecular formula is C27H37Cl2N3O4S. The molecule has 2 rings (SSSR count). The number of carbonyl (C=O) groups excluding carboxylic acids is 2. The molecular weight excluding hydrogens is 533 g/mol. The molecule has 7 nitrogen and oxygen atoms in total. The fourth-order valence-electron chi connectivity index (χ4n) is 3.88. The SMILES string of the molecule is Cc1cccc(N(CCCC(=O)N(Cc2ccc(Cl)c(Cl)c2)[C@@H](C)C(=O)NC(C)(C)C)S(C)(=O)=O)c1C. The maximum Gasteiger partial charge on any atom is 0.242 e. The van der Waals surface area contributed by atoms with E-state index in [0.717, 1.165) is 22.9 Å². The van der Waals surface area contributed by atoms with E-state index < -0.39 is 21.6 Å². The maximum absolute atomic E-state index is 13.4. The lowest BCUT2D eigenvalue weighted by molar-refractivity contribution is -0.141. The smallest absolute Gasteiger partial charge is 0.242 e. The Labute approximate surface area is 231 Å². The van der Waals surface area contributed by atoms with E-state index in [1.54, 1.807) is 31.2 Å². The van der Waals surface area contributed by atoms with Crippen molar-refractivity contribution in [2.24, 2.45) is 0 Å². The average Bonchev–Trinajstić information content (AvgIpc) is 2.77. The molecule has 1 atom stereocenters. The Hall–Kier alpha value is -2.29. The van der Waals surface area contributed by atoms with Crippen molar-refractivity contribution >= 4 is 50.7 Å². The number of sulfonamides is 1. The first-order valence-corrected chi connectivity index (χ1v) is 14.7. The van der Waals surface area contributed by atoms with Crippen LogP contribution in [0.15, 0.2) is 36.4 Å². The van der Waals surface area contributed by atoms with Crippen molar-refractivity contribution in [2.45, 2.75) is 72.5 Å². The molecule has 37 heavy (non-hydrogen) atoms. The van der Waals surface area contributed by atoms with Crippen LogP contribution in [0.5, 0.6) is 0 Å². The highest BCUT2D eigenvalue weighted by molar-refractivity contribution is 7.92. The fourth-order valence-corrected chi connectivity index (χ4v) is 5.22. The van der Waals surface area contributed by atoms with Crippen LogP contribution in [-0.4, -0.2) is 49.5 Å². The molecule has 0 heterocycles. The van der Waals surface area contributed by atoms with Crippen LogP contribution in [0.4, 0.5) is 5.69 Å². The summed E-state index contributed by atoms with van der Waals surface area (Å²) in [6, 6.07) is 9.82. The lowest BCUT2D eigenvalue weighted by Gasteiger charge is -2.32. The Kier molecular flexibility index (Phi) is 10.5. The second-order valence-electron chi connectivity index (χ2n) is 10.3. The first kappa shape index (κ1) is 30.9. The van der Waals surface area contributed by atoms with Crippen LogP contribution in [0.3, 0.4) is 0 Å². The molecule has 0 saturated heterocycles. The first-order chi connectivity index (χ1) is 17.0. The monoisotopic (exact) mass is 569 g/mol. The lowest BCUT2D eigenvalue weighted by atomic mass is 10.1. The summed E-state index contributed by atoms with van der Waals surface area (Å²) in [5.41, 5.74) is 2.71. The molecule has 0 saturated carbocycles. The van der Waals surface area contributed by atoms with E-state index in [4.69, 9.17) is 23.2 Å². The topological polar surface area (TPSA) is 86.8 Å². The number of anilines is 1. The van der Waals surface area contributed by atoms with Gasteiger partial charge in [-0.1, -0.05) is 41.4 Å². The second-order valence-corrected chi connectivity index (χ2v) is 13.1. The van der Waals surface area contributed by atoms with Gasteiger partial charge in [-0.05, 0) is 82.9 Å². The molecule has 0 fully saturated rings. The van der Waals surface area contributed by atoms with Crippen molar-refractivity contribution in [1.82, 2.24) is 10.2 Å². The van der Waals surface area contributed by atoms with Gasteiger partial charge >= 0.3 is 0 Å². The highest BCUT2D eigenvalue weighted by Crippen LogP contribution is 2.26. The molecule has 0 radical (unpaired) electrons. The Morgan fingerprint density at radius 3 is 2.27 bits per heavy atom. The number of rotatable bonds is 10. The molecule has 0 unspecified atom stereocenters. The van der Waals surface area contributed by atoms with Crippen LogP contribution in [0.2, 0.25) is 10.0 Å². The van der Waals surface area contributed by atoms with Gasteiger partial charge in [0.25, 0.3) is 0 Å². The van der Waals surface area contributed by atoms with Gasteiger partial charge in [0.1, 0.15) is 6.04 Å². The summed E-state index contributed by atoms with van der Waals surface area (Å²) in [4.78, 5) is 27.9. The largest absolute Gasteiger partial charge is 0.350 e. The average molecular weight is 571 g/mol. The van der Waals surface area contributed by atoms with Crippen LogP contribution in [0, 0.1) is 13.8 Å². The number of hydrogen-bond donors (Lipinski definition) is 1. The van der Waals surface area contributed by atoms with Crippen LogP contribution >= 0.6 is 23.2 Å². The number of carbonyl (C=O) groups is 2. The van der Waals surface area contributed by atoms with Gasteiger partial charge in [0.05, 0.1) is 22.0 Å². The lowest BCUT2D eigenvalue weighted by Crippen LogP contribution is -2.52.